The summed E-state index contributed by atoms with van der Waals surface area (Å²) >= 11 is 7.28. The molecule has 0 saturated heterocycles. The number of aryl methyl sites for hydroxylation is 1. The molecule has 9 heteroatoms. The number of quaternary nitrogens is 2. The Labute approximate surface area is 319 Å². The molecule has 0 amide bonds. The van der Waals surface area contributed by atoms with Crippen molar-refractivity contribution in [2.24, 2.45) is 0 Å². The molecule has 0 saturated carbocycles. The number of rotatable bonds is 12. The maximum absolute atomic E-state index is 12.1. The number of nitrogens with zero attached hydrogens (tertiary/aromatic N) is 4. The molecule has 1 N–H and O–H groups in total. The van der Waals surface area contributed by atoms with Crippen molar-refractivity contribution in [1.82, 2.24) is 0 Å². The molecule has 3 aliphatic rings. The quantitative estimate of drug-likeness (QED) is 0.174. The fourth-order valence-electron chi connectivity index (χ4n) is 8.29. The fourth-order valence-corrected chi connectivity index (χ4v) is 9.11. The highest BCUT2D eigenvalue weighted by Gasteiger charge is 2.43. The van der Waals surface area contributed by atoms with E-state index >= 15 is 0 Å². The maximum Gasteiger partial charge on any atom is 0.294 e. The minimum Gasteiger partial charge on any atom is -0.364 e. The van der Waals surface area contributed by atoms with Crippen LogP contribution in [-0.4, -0.2) is 96.4 Å². The number of benzene rings is 2. The van der Waals surface area contributed by atoms with Crippen molar-refractivity contribution in [1.29, 1.82) is 0 Å². The maximum atomic E-state index is 12.1. The van der Waals surface area contributed by atoms with Crippen LogP contribution >= 0.6 is 11.6 Å². The smallest absolute Gasteiger partial charge is 0.294 e. The molecule has 7 nitrogen and oxygen atoms in total. The van der Waals surface area contributed by atoms with E-state index in [-0.39, 0.29) is 16.4 Å². The summed E-state index contributed by atoms with van der Waals surface area (Å²) in [5, 5.41) is 0.832. The van der Waals surface area contributed by atoms with E-state index in [2.05, 4.69) is 129 Å². The molecule has 0 fully saturated rings. The first-order valence-corrected chi connectivity index (χ1v) is 20.7. The van der Waals surface area contributed by atoms with Crippen LogP contribution in [0.2, 0.25) is 0 Å². The normalized spacial score (nSPS) is 21.9. The van der Waals surface area contributed by atoms with Crippen LogP contribution in [-0.2, 0) is 20.9 Å². The Morgan fingerprint density at radius 2 is 1.50 bits per heavy atom. The lowest BCUT2D eigenvalue weighted by Crippen LogP contribution is -2.42. The van der Waals surface area contributed by atoms with Gasteiger partial charge >= 0.3 is 0 Å². The molecule has 1 unspecified atom stereocenters. The van der Waals surface area contributed by atoms with Gasteiger partial charge in [0.1, 0.15) is 0 Å². The Morgan fingerprint density at radius 3 is 2.13 bits per heavy atom. The highest BCUT2D eigenvalue weighted by atomic mass is 35.5. The summed E-state index contributed by atoms with van der Waals surface area (Å²) in [6.45, 7) is 15.1. The monoisotopic (exact) mass is 750 g/mol. The van der Waals surface area contributed by atoms with Crippen LogP contribution in [0.15, 0.2) is 87.5 Å². The lowest BCUT2D eigenvalue weighted by molar-refractivity contribution is -0.870. The number of halogens is 1. The molecule has 2 aliphatic heterocycles. The standard InChI is InChI=1S/C43H62ClN4O3S/c1-31-17-21-37-35(29-31)42(2,3)39(45(37)25-13-27-47(6,7)8)23-18-32-15-12-16-33(41(32)44)19-24-40-43(4,5)36-30-34(52(49,50)51)20-22-38(36)46(40)26-14-28-48(9,10)11/h17-24,29-30,39H,12-16,25-28H2,1-11H3/q+1/p+1/b23-18+,33-19+,40-24+. The van der Waals surface area contributed by atoms with Crippen molar-refractivity contribution >= 4 is 33.1 Å². The third-order valence-electron chi connectivity index (χ3n) is 11.2. The molecule has 0 bridgehead atoms. The third kappa shape index (κ3) is 8.73. The second kappa shape index (κ2) is 14.7. The van der Waals surface area contributed by atoms with Gasteiger partial charge in [0.05, 0.1) is 66.3 Å². The first kappa shape index (κ1) is 40.3. The van der Waals surface area contributed by atoms with Crippen LogP contribution < -0.4 is 9.80 Å². The van der Waals surface area contributed by atoms with E-state index in [0.29, 0.717) is 0 Å². The van der Waals surface area contributed by atoms with Gasteiger partial charge in [-0.2, -0.15) is 8.42 Å². The first-order valence-electron chi connectivity index (χ1n) is 18.9. The molecule has 52 heavy (non-hydrogen) atoms. The minimum absolute atomic E-state index is 0.0488. The fraction of sp³-hybridized carbons (Fsp3) is 0.535. The summed E-state index contributed by atoms with van der Waals surface area (Å²) in [5.74, 6) is 0. The second-order valence-electron chi connectivity index (χ2n) is 18.3. The number of fused-ring (bicyclic) bond motifs is 2. The van der Waals surface area contributed by atoms with Crippen molar-refractivity contribution in [3.63, 3.8) is 0 Å². The summed E-state index contributed by atoms with van der Waals surface area (Å²) < 4.78 is 35.9. The highest BCUT2D eigenvalue weighted by Crippen LogP contribution is 2.49. The number of anilines is 2. The zero-order chi connectivity index (χ0) is 38.4. The van der Waals surface area contributed by atoms with Crippen molar-refractivity contribution in [3.05, 3.63) is 99.3 Å². The summed E-state index contributed by atoms with van der Waals surface area (Å²) in [6, 6.07) is 12.1. The van der Waals surface area contributed by atoms with E-state index < -0.39 is 15.5 Å². The topological polar surface area (TPSA) is 60.9 Å². The Bertz CT molecular complexity index is 1910. The molecule has 0 spiro atoms. The first-order chi connectivity index (χ1) is 24.0. The van der Waals surface area contributed by atoms with Crippen LogP contribution in [0.5, 0.6) is 0 Å². The predicted molar refractivity (Wildman–Crippen MR) is 219 cm³/mol. The Hall–Kier alpha value is -2.88. The van der Waals surface area contributed by atoms with Gasteiger partial charge in [-0.15, -0.1) is 0 Å². The van der Waals surface area contributed by atoms with Gasteiger partial charge in [-0.25, -0.2) is 0 Å². The van der Waals surface area contributed by atoms with Gasteiger partial charge in [-0.3, -0.25) is 4.55 Å². The molecule has 0 aromatic heterocycles. The second-order valence-corrected chi connectivity index (χ2v) is 20.1. The molecule has 1 aliphatic carbocycles. The Morgan fingerprint density at radius 1 is 0.865 bits per heavy atom. The number of hydrogen-bond acceptors (Lipinski definition) is 4. The summed E-state index contributed by atoms with van der Waals surface area (Å²) in [6.07, 6.45) is 14.0. The van der Waals surface area contributed by atoms with Crippen molar-refractivity contribution in [3.8, 4) is 0 Å². The average molecular weight is 752 g/mol. The largest absolute Gasteiger partial charge is 0.364 e. The van der Waals surface area contributed by atoms with E-state index in [1.165, 1.54) is 28.5 Å². The van der Waals surface area contributed by atoms with Crippen LogP contribution in [0.4, 0.5) is 11.4 Å². The summed E-state index contributed by atoms with van der Waals surface area (Å²) in [7, 11) is 9.05. The Balaban J connectivity index is 1.48. The van der Waals surface area contributed by atoms with Crippen LogP contribution in [0.25, 0.3) is 0 Å². The van der Waals surface area contributed by atoms with Crippen LogP contribution in [0.1, 0.15) is 76.5 Å². The zero-order valence-electron chi connectivity index (χ0n) is 33.6. The number of hydrogen-bond donors (Lipinski definition) is 1. The molecule has 0 radical (unpaired) electrons. The van der Waals surface area contributed by atoms with Gasteiger partial charge in [0.25, 0.3) is 10.1 Å². The van der Waals surface area contributed by atoms with Gasteiger partial charge in [0, 0.05) is 58.9 Å². The number of allylic oxidation sites excluding steroid dienone is 7. The molecule has 5 rings (SSSR count). The zero-order valence-corrected chi connectivity index (χ0v) is 35.1. The molecular weight excluding hydrogens is 688 g/mol. The molecule has 1 atom stereocenters. The lowest BCUT2D eigenvalue weighted by atomic mass is 9.79. The van der Waals surface area contributed by atoms with Crippen LogP contribution in [0.3, 0.4) is 0 Å². The summed E-state index contributed by atoms with van der Waals surface area (Å²) in [4.78, 5) is 4.86. The highest BCUT2D eigenvalue weighted by molar-refractivity contribution is 7.85. The van der Waals surface area contributed by atoms with Crippen molar-refractivity contribution in [2.45, 2.75) is 88.5 Å². The van der Waals surface area contributed by atoms with Gasteiger partial charge < -0.3 is 18.8 Å². The Kier molecular flexibility index (Phi) is 11.4. The van der Waals surface area contributed by atoms with Gasteiger partial charge in [0.15, 0.2) is 0 Å². The molecule has 2 aromatic carbocycles. The van der Waals surface area contributed by atoms with Crippen LogP contribution in [0, 0.1) is 6.92 Å². The lowest BCUT2D eigenvalue weighted by Gasteiger charge is -2.33. The molecule has 2 aromatic rings. The summed E-state index contributed by atoms with van der Waals surface area (Å²) in [5.41, 5.74) is 8.81. The van der Waals surface area contributed by atoms with E-state index in [4.69, 9.17) is 11.6 Å². The predicted octanol–water partition coefficient (Wildman–Crippen LogP) is 8.74. The van der Waals surface area contributed by atoms with Gasteiger partial charge in [-0.1, -0.05) is 75.2 Å². The van der Waals surface area contributed by atoms with E-state index in [1.807, 2.05) is 6.07 Å². The van der Waals surface area contributed by atoms with E-state index in [9.17, 15) is 13.0 Å². The minimum atomic E-state index is -4.33. The SMILES string of the molecule is Cc1ccc2c(c1)C(C)(C)C(/C=C/C1=C(Cl)C(=C/C=C3/N(CCC[N+](C)(C)C)c4ccc(S(=O)(=O)O)cc4C3(C)C)/CCC1)N2CCC[N+](C)(C)C. The molecule has 2 heterocycles. The van der Waals surface area contributed by atoms with Crippen molar-refractivity contribution < 1.29 is 21.9 Å². The van der Waals surface area contributed by atoms with E-state index in [0.717, 1.165) is 94.8 Å². The average Bonchev–Trinajstić information content (AvgIpc) is 3.36. The van der Waals surface area contributed by atoms with E-state index in [1.54, 1.807) is 6.07 Å². The molecular formula is C43H63ClN4O3S+2. The van der Waals surface area contributed by atoms with Gasteiger partial charge in [-0.05, 0) is 78.8 Å². The van der Waals surface area contributed by atoms with Crippen molar-refractivity contribution in [2.75, 3.05) is 78.3 Å². The third-order valence-corrected chi connectivity index (χ3v) is 12.5. The van der Waals surface area contributed by atoms with Gasteiger partial charge in [0.2, 0.25) is 0 Å². The molecule has 284 valence electrons.